The van der Waals surface area contributed by atoms with Gasteiger partial charge in [-0.3, -0.25) is 9.78 Å². The van der Waals surface area contributed by atoms with Crippen LogP contribution < -0.4 is 0 Å². The molecule has 0 saturated carbocycles. The van der Waals surface area contributed by atoms with Crippen molar-refractivity contribution in [2.24, 2.45) is 5.92 Å². The highest BCUT2D eigenvalue weighted by Gasteiger charge is 2.35. The Morgan fingerprint density at radius 2 is 2.20 bits per heavy atom. The predicted octanol–water partition coefficient (Wildman–Crippen LogP) is 3.35. The highest BCUT2D eigenvalue weighted by Crippen LogP contribution is 2.29. The molecule has 2 atom stereocenters. The van der Waals surface area contributed by atoms with Crippen molar-refractivity contribution in [3.63, 3.8) is 0 Å². The molecule has 0 N–H and O–H groups in total. The van der Waals surface area contributed by atoms with E-state index in [4.69, 9.17) is 0 Å². The third-order valence-corrected chi connectivity index (χ3v) is 4.27. The van der Waals surface area contributed by atoms with Gasteiger partial charge >= 0.3 is 6.18 Å². The maximum Gasteiger partial charge on any atom is 0.417 e. The third kappa shape index (κ3) is 2.97. The number of pyridine rings is 1. The molecular formula is C13H14BrF3N2O. The first-order valence-electron chi connectivity index (χ1n) is 6.24. The van der Waals surface area contributed by atoms with E-state index in [-0.39, 0.29) is 17.6 Å². The first-order valence-corrected chi connectivity index (χ1v) is 7.37. The maximum absolute atomic E-state index is 12.4. The van der Waals surface area contributed by atoms with Crippen LogP contribution in [0, 0.1) is 5.92 Å². The van der Waals surface area contributed by atoms with E-state index in [1.165, 1.54) is 0 Å². The molecule has 1 amide bonds. The second-order valence-electron chi connectivity index (χ2n) is 4.92. The summed E-state index contributed by atoms with van der Waals surface area (Å²) in [6, 6.07) is 2.09. The molecule has 0 spiro atoms. The molecule has 1 aromatic heterocycles. The quantitative estimate of drug-likeness (QED) is 0.766. The molecule has 0 aliphatic carbocycles. The van der Waals surface area contributed by atoms with Gasteiger partial charge in [0.05, 0.1) is 5.56 Å². The number of likely N-dealkylation sites (tertiary alicyclic amines) is 1. The molecule has 1 aliphatic rings. The predicted molar refractivity (Wildman–Crippen MR) is 71.6 cm³/mol. The summed E-state index contributed by atoms with van der Waals surface area (Å²) >= 11 is 3.37. The first-order chi connectivity index (χ1) is 9.34. The van der Waals surface area contributed by atoms with Crippen LogP contribution in [-0.4, -0.2) is 33.7 Å². The summed E-state index contributed by atoms with van der Waals surface area (Å²) in [6.07, 6.45) is -2.84. The SMILES string of the molecule is CC1CCN(C(=O)c2ccc(C(F)(F)F)cn2)C1CBr. The monoisotopic (exact) mass is 350 g/mol. The largest absolute Gasteiger partial charge is 0.417 e. The van der Waals surface area contributed by atoms with Gasteiger partial charge in [-0.25, -0.2) is 0 Å². The normalized spacial score (nSPS) is 23.1. The van der Waals surface area contributed by atoms with Crippen LogP contribution in [0.15, 0.2) is 18.3 Å². The van der Waals surface area contributed by atoms with E-state index in [0.717, 1.165) is 18.6 Å². The molecule has 1 fully saturated rings. The fourth-order valence-electron chi connectivity index (χ4n) is 2.33. The topological polar surface area (TPSA) is 33.2 Å². The molecule has 0 aromatic carbocycles. The van der Waals surface area contributed by atoms with Gasteiger partial charge in [-0.15, -0.1) is 0 Å². The summed E-state index contributed by atoms with van der Waals surface area (Å²) in [5.74, 6) is 0.0558. The zero-order chi connectivity index (χ0) is 14.9. The number of alkyl halides is 4. The Morgan fingerprint density at radius 1 is 1.50 bits per heavy atom. The lowest BCUT2D eigenvalue weighted by molar-refractivity contribution is -0.137. The number of nitrogens with zero attached hydrogens (tertiary/aromatic N) is 2. The average Bonchev–Trinajstić information content (AvgIpc) is 2.78. The van der Waals surface area contributed by atoms with Crippen molar-refractivity contribution in [3.8, 4) is 0 Å². The number of halogens is 4. The van der Waals surface area contributed by atoms with E-state index in [1.807, 2.05) is 0 Å². The number of carbonyl (C=O) groups is 1. The lowest BCUT2D eigenvalue weighted by atomic mass is 10.1. The molecule has 110 valence electrons. The molecule has 7 heteroatoms. The number of aromatic nitrogens is 1. The molecule has 1 saturated heterocycles. The molecule has 3 nitrogen and oxygen atoms in total. The Balaban J connectivity index is 2.18. The summed E-state index contributed by atoms with van der Waals surface area (Å²) in [6.45, 7) is 2.67. The highest BCUT2D eigenvalue weighted by molar-refractivity contribution is 9.09. The van der Waals surface area contributed by atoms with Crippen LogP contribution in [0.1, 0.15) is 29.4 Å². The molecule has 0 radical (unpaired) electrons. The number of amides is 1. The van der Waals surface area contributed by atoms with E-state index < -0.39 is 11.7 Å². The molecule has 2 heterocycles. The van der Waals surface area contributed by atoms with Crippen LogP contribution in [0.3, 0.4) is 0 Å². The zero-order valence-electron chi connectivity index (χ0n) is 10.8. The minimum Gasteiger partial charge on any atom is -0.333 e. The molecule has 1 aliphatic heterocycles. The maximum atomic E-state index is 12.4. The molecular weight excluding hydrogens is 337 g/mol. The van der Waals surface area contributed by atoms with E-state index in [9.17, 15) is 18.0 Å². The molecule has 2 rings (SSSR count). The Hall–Kier alpha value is -1.11. The number of hydrogen-bond acceptors (Lipinski definition) is 2. The second-order valence-corrected chi connectivity index (χ2v) is 5.56. The van der Waals surface area contributed by atoms with Gasteiger partial charge in [0.1, 0.15) is 5.69 Å². The van der Waals surface area contributed by atoms with Gasteiger partial charge in [-0.05, 0) is 24.5 Å². The van der Waals surface area contributed by atoms with Gasteiger partial charge in [0.25, 0.3) is 5.91 Å². The Labute approximate surface area is 123 Å². The van der Waals surface area contributed by atoms with Crippen LogP contribution in [0.4, 0.5) is 13.2 Å². The summed E-state index contributed by atoms with van der Waals surface area (Å²) < 4.78 is 37.3. The van der Waals surface area contributed by atoms with Crippen molar-refractivity contribution in [2.75, 3.05) is 11.9 Å². The van der Waals surface area contributed by atoms with Crippen molar-refractivity contribution in [1.82, 2.24) is 9.88 Å². The second kappa shape index (κ2) is 5.71. The van der Waals surface area contributed by atoms with Gasteiger partial charge in [-0.2, -0.15) is 13.2 Å². The Morgan fingerprint density at radius 3 is 2.70 bits per heavy atom. The molecule has 0 bridgehead atoms. The Kier molecular flexibility index (Phi) is 4.36. The van der Waals surface area contributed by atoms with Crippen molar-refractivity contribution in [3.05, 3.63) is 29.6 Å². The van der Waals surface area contributed by atoms with Crippen molar-refractivity contribution in [1.29, 1.82) is 0 Å². The van der Waals surface area contributed by atoms with Gasteiger partial charge in [-0.1, -0.05) is 22.9 Å². The smallest absolute Gasteiger partial charge is 0.333 e. The van der Waals surface area contributed by atoms with E-state index in [1.54, 1.807) is 4.90 Å². The fraction of sp³-hybridized carbons (Fsp3) is 0.538. The summed E-state index contributed by atoms with van der Waals surface area (Å²) in [4.78, 5) is 17.6. The fourth-order valence-corrected chi connectivity index (χ4v) is 3.32. The van der Waals surface area contributed by atoms with Crippen LogP contribution >= 0.6 is 15.9 Å². The summed E-state index contributed by atoms with van der Waals surface area (Å²) in [5, 5.41) is 0.653. The minimum absolute atomic E-state index is 0.0538. The van der Waals surface area contributed by atoms with E-state index >= 15 is 0 Å². The van der Waals surface area contributed by atoms with Crippen molar-refractivity contribution < 1.29 is 18.0 Å². The molecule has 20 heavy (non-hydrogen) atoms. The highest BCUT2D eigenvalue weighted by atomic mass is 79.9. The number of rotatable bonds is 2. The first kappa shape index (κ1) is 15.3. The van der Waals surface area contributed by atoms with Crippen LogP contribution in [0.25, 0.3) is 0 Å². The van der Waals surface area contributed by atoms with Gasteiger partial charge in [0, 0.05) is 24.1 Å². The molecule has 1 aromatic rings. The van der Waals surface area contributed by atoms with Gasteiger partial charge < -0.3 is 4.90 Å². The van der Waals surface area contributed by atoms with Crippen LogP contribution in [0.2, 0.25) is 0 Å². The zero-order valence-corrected chi connectivity index (χ0v) is 12.4. The number of hydrogen-bond donors (Lipinski definition) is 0. The van der Waals surface area contributed by atoms with Crippen molar-refractivity contribution >= 4 is 21.8 Å². The van der Waals surface area contributed by atoms with E-state index in [2.05, 4.69) is 27.8 Å². The molecule has 2 unspecified atom stereocenters. The Bertz CT molecular complexity index is 489. The average molecular weight is 351 g/mol. The standard InChI is InChI=1S/C13H14BrF3N2O/c1-8-4-5-19(11(8)6-14)12(20)10-3-2-9(7-18-10)13(15,16)17/h2-3,7-8,11H,4-6H2,1H3. The van der Waals surface area contributed by atoms with Gasteiger partial charge in [0.2, 0.25) is 0 Å². The summed E-state index contributed by atoms with van der Waals surface area (Å²) in [7, 11) is 0. The van der Waals surface area contributed by atoms with Gasteiger partial charge in [0.15, 0.2) is 0 Å². The van der Waals surface area contributed by atoms with Crippen molar-refractivity contribution in [2.45, 2.75) is 25.6 Å². The number of carbonyl (C=O) groups excluding carboxylic acids is 1. The lowest BCUT2D eigenvalue weighted by Crippen LogP contribution is -2.39. The van der Waals surface area contributed by atoms with Crippen LogP contribution in [-0.2, 0) is 6.18 Å². The third-order valence-electron chi connectivity index (χ3n) is 3.61. The lowest BCUT2D eigenvalue weighted by Gasteiger charge is -2.25. The summed E-state index contributed by atoms with van der Waals surface area (Å²) in [5.41, 5.74) is -0.793. The minimum atomic E-state index is -4.44. The van der Waals surface area contributed by atoms with E-state index in [0.29, 0.717) is 24.0 Å². The van der Waals surface area contributed by atoms with Crippen LogP contribution in [0.5, 0.6) is 0 Å².